The number of halogens is 1. The van der Waals surface area contributed by atoms with E-state index < -0.39 is 10.7 Å². The number of nitro benzene ring substituents is 1. The molecule has 0 radical (unpaired) electrons. The van der Waals surface area contributed by atoms with E-state index in [-0.39, 0.29) is 17.5 Å². The molecule has 2 aliphatic heterocycles. The normalized spacial score (nSPS) is 19.1. The van der Waals surface area contributed by atoms with Crippen LogP contribution in [0.3, 0.4) is 0 Å². The third-order valence-electron chi connectivity index (χ3n) is 6.85. The Morgan fingerprint density at radius 2 is 1.76 bits per heavy atom. The summed E-state index contributed by atoms with van der Waals surface area (Å²) < 4.78 is 13.5. The van der Waals surface area contributed by atoms with E-state index >= 15 is 0 Å². The zero-order valence-corrected chi connectivity index (χ0v) is 19.0. The van der Waals surface area contributed by atoms with Gasteiger partial charge in [0.15, 0.2) is 0 Å². The molecule has 9 heteroatoms. The van der Waals surface area contributed by atoms with Crippen LogP contribution in [0.4, 0.5) is 27.1 Å². The minimum absolute atomic E-state index is 0.0485. The number of hydrogen-bond acceptors (Lipinski definition) is 6. The van der Waals surface area contributed by atoms with Crippen LogP contribution in [0, 0.1) is 21.8 Å². The second-order valence-corrected chi connectivity index (χ2v) is 8.79. The van der Waals surface area contributed by atoms with Crippen molar-refractivity contribution in [2.75, 3.05) is 55.0 Å². The molecule has 0 saturated carbocycles. The zero-order chi connectivity index (χ0) is 23.5. The first-order chi connectivity index (χ1) is 15.9. The predicted octanol–water partition coefficient (Wildman–Crippen LogP) is 3.41. The van der Waals surface area contributed by atoms with Gasteiger partial charge in [0.05, 0.1) is 11.0 Å². The molecule has 2 saturated heterocycles. The fourth-order valence-electron chi connectivity index (χ4n) is 4.80. The van der Waals surface area contributed by atoms with Crippen molar-refractivity contribution in [3.8, 4) is 0 Å². The SMILES string of the molecule is CNC1CCN(c2ccc(N(C)C(=O)C3CCN(c4ccc(F)cc4[N+](=O)[O-])CC3)cc2)C1. The first kappa shape index (κ1) is 23.0. The lowest BCUT2D eigenvalue weighted by atomic mass is 9.94. The van der Waals surface area contributed by atoms with Gasteiger partial charge in [-0.05, 0) is 62.7 Å². The number of hydrogen-bond donors (Lipinski definition) is 1. The van der Waals surface area contributed by atoms with Crippen molar-refractivity contribution in [1.29, 1.82) is 0 Å². The molecule has 1 unspecified atom stereocenters. The molecule has 0 aromatic heterocycles. The smallest absolute Gasteiger partial charge is 0.295 e. The van der Waals surface area contributed by atoms with Gasteiger partial charge in [0.2, 0.25) is 5.91 Å². The maximum absolute atomic E-state index is 13.5. The average molecular weight is 456 g/mol. The highest BCUT2D eigenvalue weighted by molar-refractivity contribution is 5.94. The van der Waals surface area contributed by atoms with Crippen molar-refractivity contribution in [3.63, 3.8) is 0 Å². The molecular weight excluding hydrogens is 425 g/mol. The highest BCUT2D eigenvalue weighted by atomic mass is 19.1. The molecule has 2 heterocycles. The lowest BCUT2D eigenvalue weighted by Crippen LogP contribution is -2.41. The van der Waals surface area contributed by atoms with Crippen molar-refractivity contribution in [2.45, 2.75) is 25.3 Å². The number of likely N-dealkylation sites (N-methyl/N-ethyl adjacent to an activating group) is 1. The number of amides is 1. The van der Waals surface area contributed by atoms with Crippen molar-refractivity contribution in [1.82, 2.24) is 5.32 Å². The maximum atomic E-state index is 13.5. The number of nitrogens with one attached hydrogen (secondary N) is 1. The fourth-order valence-corrected chi connectivity index (χ4v) is 4.80. The molecule has 33 heavy (non-hydrogen) atoms. The standard InChI is InChI=1S/C24H30FN5O3/c1-26-19-11-14-29(16-19)21-6-4-20(5-7-21)27(2)24(31)17-9-12-28(13-10-17)22-8-3-18(25)15-23(22)30(32)33/h3-8,15,17,19,26H,9-14,16H2,1-2H3. The molecule has 2 aromatic rings. The van der Waals surface area contributed by atoms with E-state index in [4.69, 9.17) is 0 Å². The van der Waals surface area contributed by atoms with Gasteiger partial charge in [-0.2, -0.15) is 0 Å². The van der Waals surface area contributed by atoms with Gasteiger partial charge in [0.1, 0.15) is 11.5 Å². The summed E-state index contributed by atoms with van der Waals surface area (Å²) in [5.41, 5.74) is 2.17. The molecule has 4 rings (SSSR count). The molecule has 1 N–H and O–H groups in total. The Kier molecular flexibility index (Phi) is 6.78. The van der Waals surface area contributed by atoms with Crippen LogP contribution < -0.4 is 20.0 Å². The summed E-state index contributed by atoms with van der Waals surface area (Å²) in [5.74, 6) is -0.734. The van der Waals surface area contributed by atoms with Crippen LogP contribution >= 0.6 is 0 Å². The van der Waals surface area contributed by atoms with Crippen LogP contribution in [0.2, 0.25) is 0 Å². The maximum Gasteiger partial charge on any atom is 0.295 e. The monoisotopic (exact) mass is 455 g/mol. The third kappa shape index (κ3) is 4.93. The minimum Gasteiger partial charge on any atom is -0.370 e. The Hall–Kier alpha value is -3.20. The van der Waals surface area contributed by atoms with Gasteiger partial charge in [0.25, 0.3) is 5.69 Å². The van der Waals surface area contributed by atoms with Crippen LogP contribution in [0.1, 0.15) is 19.3 Å². The van der Waals surface area contributed by atoms with Gasteiger partial charge in [-0.3, -0.25) is 14.9 Å². The van der Waals surface area contributed by atoms with Gasteiger partial charge >= 0.3 is 0 Å². The molecule has 8 nitrogen and oxygen atoms in total. The summed E-state index contributed by atoms with van der Waals surface area (Å²) in [6.07, 6.45) is 2.31. The molecule has 0 bridgehead atoms. The third-order valence-corrected chi connectivity index (χ3v) is 6.85. The molecule has 0 spiro atoms. The van der Waals surface area contributed by atoms with Crippen molar-refractivity contribution < 1.29 is 14.1 Å². The zero-order valence-electron chi connectivity index (χ0n) is 19.0. The number of nitrogens with zero attached hydrogens (tertiary/aromatic N) is 4. The summed E-state index contributed by atoms with van der Waals surface area (Å²) in [6.45, 7) is 3.02. The lowest BCUT2D eigenvalue weighted by molar-refractivity contribution is -0.384. The van der Waals surface area contributed by atoms with Crippen LogP contribution in [-0.2, 0) is 4.79 Å². The molecule has 2 aliphatic rings. The van der Waals surface area contributed by atoms with E-state index in [0.29, 0.717) is 37.7 Å². The summed E-state index contributed by atoms with van der Waals surface area (Å²) in [5, 5.41) is 14.6. The fraction of sp³-hybridized carbons (Fsp3) is 0.458. The summed E-state index contributed by atoms with van der Waals surface area (Å²) in [7, 11) is 3.78. The number of piperidine rings is 1. The van der Waals surface area contributed by atoms with Gasteiger partial charge in [-0.25, -0.2) is 4.39 Å². The Balaban J connectivity index is 1.36. The molecule has 0 aliphatic carbocycles. The van der Waals surface area contributed by atoms with Crippen LogP contribution in [-0.4, -0.2) is 57.1 Å². The second-order valence-electron chi connectivity index (χ2n) is 8.79. The molecule has 2 aromatic carbocycles. The lowest BCUT2D eigenvalue weighted by Gasteiger charge is -2.34. The number of nitro groups is 1. The molecule has 2 fully saturated rings. The molecule has 176 valence electrons. The van der Waals surface area contributed by atoms with Gasteiger partial charge < -0.3 is 20.0 Å². The van der Waals surface area contributed by atoms with E-state index in [9.17, 15) is 19.3 Å². The number of benzene rings is 2. The topological polar surface area (TPSA) is 82.0 Å². The summed E-state index contributed by atoms with van der Waals surface area (Å²) in [6, 6.07) is 12.2. The molecular formula is C24H30FN5O3. The number of anilines is 3. The van der Waals surface area contributed by atoms with Gasteiger partial charge in [-0.15, -0.1) is 0 Å². The van der Waals surface area contributed by atoms with Gasteiger partial charge in [-0.1, -0.05) is 0 Å². The Morgan fingerprint density at radius 1 is 1.09 bits per heavy atom. The number of carbonyl (C=O) groups excluding carboxylic acids is 1. The highest BCUT2D eigenvalue weighted by Crippen LogP contribution is 2.33. The van der Waals surface area contributed by atoms with Crippen LogP contribution in [0.5, 0.6) is 0 Å². The van der Waals surface area contributed by atoms with Crippen LogP contribution in [0.25, 0.3) is 0 Å². The van der Waals surface area contributed by atoms with Crippen molar-refractivity contribution >= 4 is 28.7 Å². The van der Waals surface area contributed by atoms with E-state index in [1.165, 1.54) is 12.1 Å². The predicted molar refractivity (Wildman–Crippen MR) is 128 cm³/mol. The second kappa shape index (κ2) is 9.74. The molecule has 1 atom stereocenters. The Morgan fingerprint density at radius 3 is 2.36 bits per heavy atom. The van der Waals surface area contributed by atoms with E-state index in [0.717, 1.165) is 37.0 Å². The summed E-state index contributed by atoms with van der Waals surface area (Å²) in [4.78, 5) is 29.8. The Labute approximate surface area is 193 Å². The first-order valence-corrected chi connectivity index (χ1v) is 11.4. The highest BCUT2D eigenvalue weighted by Gasteiger charge is 2.30. The van der Waals surface area contributed by atoms with E-state index in [2.05, 4.69) is 22.3 Å². The average Bonchev–Trinajstić information content (AvgIpc) is 3.33. The summed E-state index contributed by atoms with van der Waals surface area (Å²) >= 11 is 0. The van der Waals surface area contributed by atoms with E-state index in [1.807, 2.05) is 24.1 Å². The van der Waals surface area contributed by atoms with Crippen molar-refractivity contribution in [2.24, 2.45) is 5.92 Å². The largest absolute Gasteiger partial charge is 0.370 e. The van der Waals surface area contributed by atoms with Crippen molar-refractivity contribution in [3.05, 3.63) is 58.4 Å². The van der Waals surface area contributed by atoms with E-state index in [1.54, 1.807) is 11.9 Å². The van der Waals surface area contributed by atoms with Gasteiger partial charge in [0, 0.05) is 56.6 Å². The quantitative estimate of drug-likeness (QED) is 0.531. The minimum atomic E-state index is -0.630. The first-order valence-electron chi connectivity index (χ1n) is 11.4. The molecule has 1 amide bonds. The number of rotatable bonds is 6. The number of carbonyl (C=O) groups is 1. The Bertz CT molecular complexity index is 1010. The van der Waals surface area contributed by atoms with Crippen LogP contribution in [0.15, 0.2) is 42.5 Å².